The number of nitrogens with zero attached hydrogens (tertiary/aromatic N) is 1. The fraction of sp³-hybridized carbons (Fsp3) is 0.227. The molecule has 1 unspecified atom stereocenters. The molecule has 3 heteroatoms. The molecule has 0 aliphatic heterocycles. The number of nitrogens with one attached hydrogen (secondary N) is 1. The maximum Gasteiger partial charge on any atom is 0.240 e. The summed E-state index contributed by atoms with van der Waals surface area (Å²) in [6.45, 7) is 9.03. The molecule has 0 bridgehead atoms. The largest absolute Gasteiger partial charge is 0.350 e. The van der Waals surface area contributed by atoms with Gasteiger partial charge in [-0.15, -0.1) is 6.58 Å². The predicted octanol–water partition coefficient (Wildman–Crippen LogP) is 4.56. The van der Waals surface area contributed by atoms with E-state index >= 15 is 0 Å². The lowest BCUT2D eigenvalue weighted by atomic mass is 9.98. The second-order valence-electron chi connectivity index (χ2n) is 6.39. The van der Waals surface area contributed by atoms with Gasteiger partial charge in [-0.2, -0.15) is 0 Å². The summed E-state index contributed by atoms with van der Waals surface area (Å²) in [6.07, 6.45) is 1.95. The lowest BCUT2D eigenvalue weighted by Crippen LogP contribution is -2.27. The van der Waals surface area contributed by atoms with Crippen molar-refractivity contribution in [2.45, 2.75) is 32.9 Å². The van der Waals surface area contributed by atoms with Crippen molar-refractivity contribution < 1.29 is 4.79 Å². The van der Waals surface area contributed by atoms with E-state index in [2.05, 4.69) is 42.4 Å². The zero-order chi connectivity index (χ0) is 17.8. The van der Waals surface area contributed by atoms with E-state index in [1.54, 1.807) is 0 Å². The van der Waals surface area contributed by atoms with E-state index in [0.717, 1.165) is 16.8 Å². The highest BCUT2D eigenvalue weighted by molar-refractivity contribution is 5.88. The molecule has 1 N–H and O–H groups in total. The minimum atomic E-state index is 0.0190. The van der Waals surface area contributed by atoms with Gasteiger partial charge in [0.2, 0.25) is 5.91 Å². The smallest absolute Gasteiger partial charge is 0.240 e. The minimum Gasteiger partial charge on any atom is -0.350 e. The standard InChI is InChI=1S/C22H24N2O/c1-4-16(2)22-17(3)24(20-13-9-8-12-19(20)22)15-21(25)23-14-18-10-6-5-7-11-18/h4-13,16H,1,14-15H2,2-3H3,(H,23,25). The van der Waals surface area contributed by atoms with E-state index < -0.39 is 0 Å². The van der Waals surface area contributed by atoms with Gasteiger partial charge >= 0.3 is 0 Å². The Kier molecular flexibility index (Phi) is 5.03. The maximum atomic E-state index is 12.5. The molecule has 1 heterocycles. The quantitative estimate of drug-likeness (QED) is 0.660. The number of benzene rings is 2. The summed E-state index contributed by atoms with van der Waals surface area (Å²) in [5, 5.41) is 4.21. The van der Waals surface area contributed by atoms with Crippen LogP contribution in [0.4, 0.5) is 0 Å². The number of amides is 1. The number of aromatic nitrogens is 1. The Morgan fingerprint density at radius 3 is 2.56 bits per heavy atom. The fourth-order valence-corrected chi connectivity index (χ4v) is 3.35. The predicted molar refractivity (Wildman–Crippen MR) is 104 cm³/mol. The van der Waals surface area contributed by atoms with Crippen LogP contribution in [0.3, 0.4) is 0 Å². The zero-order valence-electron chi connectivity index (χ0n) is 14.8. The van der Waals surface area contributed by atoms with Gasteiger partial charge < -0.3 is 9.88 Å². The first kappa shape index (κ1) is 17.0. The molecule has 0 saturated carbocycles. The van der Waals surface area contributed by atoms with Crippen molar-refractivity contribution in [3.63, 3.8) is 0 Å². The highest BCUT2D eigenvalue weighted by atomic mass is 16.1. The number of hydrogen-bond donors (Lipinski definition) is 1. The summed E-state index contributed by atoms with van der Waals surface area (Å²) in [5.41, 5.74) is 4.58. The molecule has 3 rings (SSSR count). The van der Waals surface area contributed by atoms with Crippen LogP contribution in [-0.2, 0) is 17.9 Å². The SMILES string of the molecule is C=CC(C)c1c(C)n(CC(=O)NCc2ccccc2)c2ccccc12. The van der Waals surface area contributed by atoms with E-state index in [9.17, 15) is 4.79 Å². The van der Waals surface area contributed by atoms with Crippen LogP contribution in [0.15, 0.2) is 67.3 Å². The van der Waals surface area contributed by atoms with Crippen molar-refractivity contribution in [1.82, 2.24) is 9.88 Å². The van der Waals surface area contributed by atoms with Crippen LogP contribution in [-0.4, -0.2) is 10.5 Å². The van der Waals surface area contributed by atoms with Crippen LogP contribution < -0.4 is 5.32 Å². The molecule has 0 saturated heterocycles. The monoisotopic (exact) mass is 332 g/mol. The number of carbonyl (C=O) groups is 1. The Morgan fingerprint density at radius 2 is 1.84 bits per heavy atom. The molecule has 3 nitrogen and oxygen atoms in total. The van der Waals surface area contributed by atoms with Crippen molar-refractivity contribution in [2.75, 3.05) is 0 Å². The number of para-hydroxylation sites is 1. The molecule has 0 fully saturated rings. The molecule has 2 aromatic carbocycles. The summed E-state index contributed by atoms with van der Waals surface area (Å²) >= 11 is 0. The number of rotatable bonds is 6. The Labute approximate surface area is 149 Å². The van der Waals surface area contributed by atoms with Crippen molar-refractivity contribution in [3.05, 3.63) is 84.1 Å². The first-order chi connectivity index (χ1) is 12.1. The summed E-state index contributed by atoms with van der Waals surface area (Å²) in [6, 6.07) is 18.2. The molecule has 0 aliphatic carbocycles. The molecule has 25 heavy (non-hydrogen) atoms. The van der Waals surface area contributed by atoms with Gasteiger partial charge in [0.25, 0.3) is 0 Å². The van der Waals surface area contributed by atoms with Crippen molar-refractivity contribution in [1.29, 1.82) is 0 Å². The van der Waals surface area contributed by atoms with E-state index in [1.165, 1.54) is 10.9 Å². The first-order valence-electron chi connectivity index (χ1n) is 8.62. The zero-order valence-corrected chi connectivity index (χ0v) is 14.8. The molecule has 128 valence electrons. The molecule has 3 aromatic rings. The number of hydrogen-bond acceptors (Lipinski definition) is 1. The van der Waals surface area contributed by atoms with E-state index in [0.29, 0.717) is 13.1 Å². The van der Waals surface area contributed by atoms with Crippen molar-refractivity contribution in [3.8, 4) is 0 Å². The normalized spacial score (nSPS) is 12.1. The average Bonchev–Trinajstić information content (AvgIpc) is 2.92. The third-order valence-corrected chi connectivity index (χ3v) is 4.72. The van der Waals surface area contributed by atoms with Crippen molar-refractivity contribution in [2.24, 2.45) is 0 Å². The lowest BCUT2D eigenvalue weighted by molar-refractivity contribution is -0.121. The van der Waals surface area contributed by atoms with Gasteiger partial charge in [0.05, 0.1) is 0 Å². The van der Waals surface area contributed by atoms with Crippen molar-refractivity contribution >= 4 is 16.8 Å². The Bertz CT molecular complexity index is 893. The van der Waals surface area contributed by atoms with Crippen LogP contribution in [0.25, 0.3) is 10.9 Å². The maximum absolute atomic E-state index is 12.5. The number of fused-ring (bicyclic) bond motifs is 1. The molecule has 0 radical (unpaired) electrons. The molecule has 0 aliphatic rings. The number of carbonyl (C=O) groups excluding carboxylic acids is 1. The van der Waals surface area contributed by atoms with Crippen LogP contribution >= 0.6 is 0 Å². The van der Waals surface area contributed by atoms with Crippen LogP contribution in [0.1, 0.15) is 29.7 Å². The average molecular weight is 332 g/mol. The first-order valence-corrected chi connectivity index (χ1v) is 8.62. The molecule has 1 amide bonds. The number of allylic oxidation sites excluding steroid dienone is 1. The molecule has 0 spiro atoms. The van der Waals surface area contributed by atoms with E-state index in [-0.39, 0.29) is 11.8 Å². The summed E-state index contributed by atoms with van der Waals surface area (Å²) < 4.78 is 2.10. The third kappa shape index (κ3) is 3.50. The lowest BCUT2D eigenvalue weighted by Gasteiger charge is -2.11. The van der Waals surface area contributed by atoms with E-state index in [4.69, 9.17) is 0 Å². The highest BCUT2D eigenvalue weighted by Crippen LogP contribution is 2.32. The van der Waals surface area contributed by atoms with Gasteiger partial charge in [-0.05, 0) is 24.1 Å². The second-order valence-corrected chi connectivity index (χ2v) is 6.39. The van der Waals surface area contributed by atoms with Crippen LogP contribution in [0, 0.1) is 6.92 Å². The third-order valence-electron chi connectivity index (χ3n) is 4.72. The topological polar surface area (TPSA) is 34.0 Å². The van der Waals surface area contributed by atoms with Gasteiger partial charge in [0.15, 0.2) is 0 Å². The summed E-state index contributed by atoms with van der Waals surface area (Å²) in [5.74, 6) is 0.268. The fourth-order valence-electron chi connectivity index (χ4n) is 3.35. The van der Waals surface area contributed by atoms with Crippen LogP contribution in [0.2, 0.25) is 0 Å². The van der Waals surface area contributed by atoms with Crippen LogP contribution in [0.5, 0.6) is 0 Å². The van der Waals surface area contributed by atoms with E-state index in [1.807, 2.05) is 48.5 Å². The van der Waals surface area contributed by atoms with Gasteiger partial charge in [0, 0.05) is 29.1 Å². The summed E-state index contributed by atoms with van der Waals surface area (Å²) in [7, 11) is 0. The Morgan fingerprint density at radius 1 is 1.16 bits per heavy atom. The Balaban J connectivity index is 1.84. The molecular formula is C22H24N2O. The van der Waals surface area contributed by atoms with Gasteiger partial charge in [-0.25, -0.2) is 0 Å². The Hall–Kier alpha value is -2.81. The highest BCUT2D eigenvalue weighted by Gasteiger charge is 2.18. The molecule has 1 atom stereocenters. The molecular weight excluding hydrogens is 308 g/mol. The minimum absolute atomic E-state index is 0.0190. The van der Waals surface area contributed by atoms with Gasteiger partial charge in [0.1, 0.15) is 6.54 Å². The second kappa shape index (κ2) is 7.39. The van der Waals surface area contributed by atoms with Gasteiger partial charge in [-0.1, -0.05) is 61.5 Å². The van der Waals surface area contributed by atoms with Gasteiger partial charge in [-0.3, -0.25) is 4.79 Å². The summed E-state index contributed by atoms with van der Waals surface area (Å²) in [4.78, 5) is 12.5. The molecule has 1 aromatic heterocycles.